The lowest BCUT2D eigenvalue weighted by atomic mass is 9.84. The van der Waals surface area contributed by atoms with Crippen LogP contribution in [0.1, 0.15) is 36.0 Å². The summed E-state index contributed by atoms with van der Waals surface area (Å²) in [6.45, 7) is 0. The lowest BCUT2D eigenvalue weighted by Crippen LogP contribution is -2.47. The van der Waals surface area contributed by atoms with Crippen molar-refractivity contribution < 1.29 is 22.4 Å². The highest BCUT2D eigenvalue weighted by Gasteiger charge is 2.46. The van der Waals surface area contributed by atoms with E-state index in [-0.39, 0.29) is 23.4 Å². The molecule has 1 N–H and O–H groups in total. The summed E-state index contributed by atoms with van der Waals surface area (Å²) in [5.41, 5.74) is -0.339. The number of halogens is 5. The maximum atomic E-state index is 13.6. The molecule has 0 aliphatic heterocycles. The summed E-state index contributed by atoms with van der Waals surface area (Å²) in [7, 11) is 0. The van der Waals surface area contributed by atoms with Crippen molar-refractivity contribution in [2.75, 3.05) is 0 Å². The van der Waals surface area contributed by atoms with E-state index < -0.39 is 29.9 Å². The van der Waals surface area contributed by atoms with Crippen molar-refractivity contribution in [1.29, 1.82) is 0 Å². The van der Waals surface area contributed by atoms with Crippen LogP contribution in [0.3, 0.4) is 0 Å². The molecule has 1 saturated carbocycles. The van der Waals surface area contributed by atoms with Gasteiger partial charge < -0.3 is 5.32 Å². The van der Waals surface area contributed by atoms with Crippen molar-refractivity contribution in [3.05, 3.63) is 34.6 Å². The van der Waals surface area contributed by atoms with Gasteiger partial charge in [0.1, 0.15) is 5.82 Å². The van der Waals surface area contributed by atoms with Gasteiger partial charge in [-0.25, -0.2) is 4.39 Å². The maximum Gasteiger partial charge on any atom is 0.393 e. The third-order valence-corrected chi connectivity index (χ3v) is 3.91. The largest absolute Gasteiger partial charge is 0.393 e. The van der Waals surface area contributed by atoms with Crippen molar-refractivity contribution in [2.45, 2.75) is 37.9 Å². The zero-order valence-electron chi connectivity index (χ0n) is 11.0. The Morgan fingerprint density at radius 2 is 1.90 bits per heavy atom. The van der Waals surface area contributed by atoms with Crippen LogP contribution in [0, 0.1) is 11.7 Å². The van der Waals surface area contributed by atoms with Crippen molar-refractivity contribution in [3.63, 3.8) is 0 Å². The molecule has 1 aromatic rings. The minimum atomic E-state index is -4.37. The van der Waals surface area contributed by atoms with Crippen LogP contribution in [0.5, 0.6) is 0 Å². The average Bonchev–Trinajstić information content (AvgIpc) is 2.41. The summed E-state index contributed by atoms with van der Waals surface area (Å²) in [5.74, 6) is -3.26. The van der Waals surface area contributed by atoms with E-state index in [1.165, 1.54) is 6.07 Å². The normalized spacial score (nSPS) is 22.9. The fourth-order valence-electron chi connectivity index (χ4n) is 2.61. The Morgan fingerprint density at radius 3 is 2.57 bits per heavy atom. The SMILES string of the molecule is O=C(N[C@H]1CCCC[C@H]1C(F)(F)F)c1cc(Cl)ccc1F. The number of hydrogen-bond donors (Lipinski definition) is 1. The predicted octanol–water partition coefficient (Wildman–Crippen LogP) is 4.33. The molecule has 1 aromatic carbocycles. The summed E-state index contributed by atoms with van der Waals surface area (Å²) >= 11 is 5.68. The van der Waals surface area contributed by atoms with Crippen LogP contribution in [0.4, 0.5) is 17.6 Å². The molecule has 2 rings (SSSR count). The minimum Gasteiger partial charge on any atom is -0.349 e. The number of amides is 1. The number of hydrogen-bond acceptors (Lipinski definition) is 1. The first-order valence-corrected chi connectivity index (χ1v) is 6.99. The van der Waals surface area contributed by atoms with E-state index in [1.807, 2.05) is 0 Å². The van der Waals surface area contributed by atoms with Crippen LogP contribution in [0.25, 0.3) is 0 Å². The van der Waals surface area contributed by atoms with Gasteiger partial charge in [0, 0.05) is 11.1 Å². The van der Waals surface area contributed by atoms with Crippen molar-refractivity contribution in [1.82, 2.24) is 5.32 Å². The Bertz CT molecular complexity index is 532. The van der Waals surface area contributed by atoms with E-state index >= 15 is 0 Å². The third kappa shape index (κ3) is 3.87. The first kappa shape index (κ1) is 16.1. The molecule has 0 spiro atoms. The molecule has 21 heavy (non-hydrogen) atoms. The van der Waals surface area contributed by atoms with Gasteiger partial charge in [0.2, 0.25) is 0 Å². The molecule has 1 aliphatic carbocycles. The Hall–Kier alpha value is -1.30. The van der Waals surface area contributed by atoms with Crippen molar-refractivity contribution >= 4 is 17.5 Å². The molecule has 2 atom stereocenters. The van der Waals surface area contributed by atoms with Gasteiger partial charge in [-0.1, -0.05) is 24.4 Å². The van der Waals surface area contributed by atoms with E-state index in [0.29, 0.717) is 12.8 Å². The van der Waals surface area contributed by atoms with Gasteiger partial charge in [0.05, 0.1) is 11.5 Å². The molecule has 0 saturated heterocycles. The number of alkyl halides is 3. The van der Waals surface area contributed by atoms with Gasteiger partial charge in [-0.3, -0.25) is 4.79 Å². The monoisotopic (exact) mass is 323 g/mol. The van der Waals surface area contributed by atoms with E-state index in [1.54, 1.807) is 0 Å². The topological polar surface area (TPSA) is 29.1 Å². The summed E-state index contributed by atoms with van der Waals surface area (Å²) in [6, 6.07) is 2.37. The molecule has 7 heteroatoms. The second-order valence-corrected chi connectivity index (χ2v) is 5.57. The zero-order chi connectivity index (χ0) is 15.6. The number of carbonyl (C=O) groups excluding carboxylic acids is 1. The fourth-order valence-corrected chi connectivity index (χ4v) is 2.79. The highest BCUT2D eigenvalue weighted by atomic mass is 35.5. The Balaban J connectivity index is 2.15. The molecule has 0 bridgehead atoms. The molecular weight excluding hydrogens is 310 g/mol. The standard InChI is InChI=1S/C14H14ClF4NO/c15-8-5-6-11(16)9(7-8)13(21)20-12-4-2-1-3-10(12)14(17,18)19/h5-7,10,12H,1-4H2,(H,20,21)/t10-,12+/m1/s1. The molecule has 1 aliphatic rings. The molecule has 0 heterocycles. The summed E-state index contributed by atoms with van der Waals surface area (Å²) in [5, 5.41) is 2.45. The fraction of sp³-hybridized carbons (Fsp3) is 0.500. The molecule has 0 aromatic heterocycles. The summed E-state index contributed by atoms with van der Waals surface area (Å²) in [4.78, 5) is 12.0. The first-order valence-electron chi connectivity index (χ1n) is 6.61. The van der Waals surface area contributed by atoms with E-state index in [9.17, 15) is 22.4 Å². The van der Waals surface area contributed by atoms with Crippen LogP contribution < -0.4 is 5.32 Å². The molecule has 0 unspecified atom stereocenters. The maximum absolute atomic E-state index is 13.6. The van der Waals surface area contributed by atoms with Gasteiger partial charge in [-0.15, -0.1) is 0 Å². The van der Waals surface area contributed by atoms with Gasteiger partial charge in [-0.05, 0) is 31.0 Å². The van der Waals surface area contributed by atoms with Gasteiger partial charge in [0.15, 0.2) is 0 Å². The van der Waals surface area contributed by atoms with Crippen molar-refractivity contribution in [2.24, 2.45) is 5.92 Å². The second-order valence-electron chi connectivity index (χ2n) is 5.14. The first-order chi connectivity index (χ1) is 9.79. The van der Waals surface area contributed by atoms with Crippen LogP contribution in [0.2, 0.25) is 5.02 Å². The third-order valence-electron chi connectivity index (χ3n) is 3.68. The minimum absolute atomic E-state index is 0.0214. The van der Waals surface area contributed by atoms with Gasteiger partial charge in [-0.2, -0.15) is 13.2 Å². The highest BCUT2D eigenvalue weighted by Crippen LogP contribution is 2.37. The lowest BCUT2D eigenvalue weighted by molar-refractivity contribution is -0.187. The van der Waals surface area contributed by atoms with Crippen LogP contribution in [0.15, 0.2) is 18.2 Å². The van der Waals surface area contributed by atoms with Crippen molar-refractivity contribution in [3.8, 4) is 0 Å². The lowest BCUT2D eigenvalue weighted by Gasteiger charge is -2.33. The molecule has 0 radical (unpaired) electrons. The Kier molecular flexibility index (Phi) is 4.76. The number of nitrogens with one attached hydrogen (secondary N) is 1. The average molecular weight is 324 g/mol. The van der Waals surface area contributed by atoms with E-state index in [0.717, 1.165) is 12.1 Å². The zero-order valence-corrected chi connectivity index (χ0v) is 11.8. The predicted molar refractivity (Wildman–Crippen MR) is 70.7 cm³/mol. The summed E-state index contributed by atoms with van der Waals surface area (Å²) < 4.78 is 52.4. The van der Waals surface area contributed by atoms with Crippen LogP contribution in [-0.2, 0) is 0 Å². The molecular formula is C14H14ClF4NO. The van der Waals surface area contributed by atoms with E-state index in [2.05, 4.69) is 5.32 Å². The molecule has 1 fully saturated rings. The van der Waals surface area contributed by atoms with Crippen LogP contribution in [-0.4, -0.2) is 18.1 Å². The number of benzene rings is 1. The van der Waals surface area contributed by atoms with E-state index in [4.69, 9.17) is 11.6 Å². The molecule has 2 nitrogen and oxygen atoms in total. The van der Waals surface area contributed by atoms with Gasteiger partial charge >= 0.3 is 6.18 Å². The quantitative estimate of drug-likeness (QED) is 0.806. The number of carbonyl (C=O) groups is 1. The molecule has 116 valence electrons. The Labute approximate surface area is 124 Å². The van der Waals surface area contributed by atoms with Gasteiger partial charge in [0.25, 0.3) is 5.91 Å². The number of rotatable bonds is 2. The van der Waals surface area contributed by atoms with Crippen LogP contribution >= 0.6 is 11.6 Å². The highest BCUT2D eigenvalue weighted by molar-refractivity contribution is 6.31. The molecule has 1 amide bonds. The second kappa shape index (κ2) is 6.22. The Morgan fingerprint density at radius 1 is 1.24 bits per heavy atom. The smallest absolute Gasteiger partial charge is 0.349 e. The summed E-state index contributed by atoms with van der Waals surface area (Å²) in [6.07, 6.45) is -3.08.